The lowest BCUT2D eigenvalue weighted by atomic mass is 9.85. The quantitative estimate of drug-likeness (QED) is 0.143. The fraction of sp³-hybridized carbons (Fsp3) is 0.0303. The molecule has 7 aromatic rings. The minimum Gasteiger partial charge on any atom is -0.311 e. The zero-order valence-electron chi connectivity index (χ0n) is 22.6. The van der Waals surface area contributed by atoms with Gasteiger partial charge in [-0.25, -0.2) is 0 Å². The summed E-state index contributed by atoms with van der Waals surface area (Å²) < 4.78 is 119. The summed E-state index contributed by atoms with van der Waals surface area (Å²) in [5.74, 6) is -15.1. The molecule has 0 atom stereocenters. The Labute approximate surface area is 248 Å². The van der Waals surface area contributed by atoms with Crippen LogP contribution in [0, 0.1) is 47.1 Å². The fourth-order valence-electron chi connectivity index (χ4n) is 5.79. The molecule has 4 aromatic heterocycles. The van der Waals surface area contributed by atoms with Gasteiger partial charge in [0.1, 0.15) is 11.4 Å². The Morgan fingerprint density at radius 2 is 0.800 bits per heavy atom. The molecule has 224 valence electrons. The SMILES string of the molecule is Fc1nc(F)c(F)c(-n2cc(C(c3ccccc3)c3cn(-c4c(F)c(F)nc(F)c4F)c4ccccc34)c3ccccc32)c1F. The van der Waals surface area contributed by atoms with Crippen molar-refractivity contribution in [1.82, 2.24) is 19.1 Å². The molecular formula is C33H16F8N4. The number of hydrogen-bond donors (Lipinski definition) is 0. The average molecular weight is 621 g/mol. The number of hydrogen-bond acceptors (Lipinski definition) is 2. The van der Waals surface area contributed by atoms with E-state index in [-0.39, 0.29) is 11.0 Å². The van der Waals surface area contributed by atoms with Gasteiger partial charge in [0.25, 0.3) is 23.8 Å². The summed E-state index contributed by atoms with van der Waals surface area (Å²) >= 11 is 0. The lowest BCUT2D eigenvalue weighted by molar-refractivity contribution is 0.403. The third-order valence-corrected chi connectivity index (χ3v) is 7.67. The van der Waals surface area contributed by atoms with Crippen molar-refractivity contribution in [2.24, 2.45) is 0 Å². The first-order valence-corrected chi connectivity index (χ1v) is 13.3. The minimum absolute atomic E-state index is 0.176. The van der Waals surface area contributed by atoms with Crippen molar-refractivity contribution < 1.29 is 35.1 Å². The monoisotopic (exact) mass is 620 g/mol. The second-order valence-corrected chi connectivity index (χ2v) is 10.1. The Kier molecular flexibility index (Phi) is 6.64. The second-order valence-electron chi connectivity index (χ2n) is 10.1. The van der Waals surface area contributed by atoms with E-state index < -0.39 is 64.4 Å². The molecule has 0 spiro atoms. The lowest BCUT2D eigenvalue weighted by Gasteiger charge is -2.17. The maximum atomic E-state index is 15.0. The summed E-state index contributed by atoms with van der Waals surface area (Å²) in [6.07, 6.45) is 2.61. The Morgan fingerprint density at radius 1 is 0.444 bits per heavy atom. The molecule has 0 fully saturated rings. The van der Waals surface area contributed by atoms with Crippen LogP contribution in [0.2, 0.25) is 0 Å². The van der Waals surface area contributed by atoms with E-state index >= 15 is 17.6 Å². The van der Waals surface area contributed by atoms with Crippen LogP contribution in [0.5, 0.6) is 0 Å². The smallest absolute Gasteiger partial charge is 0.253 e. The van der Waals surface area contributed by atoms with Crippen molar-refractivity contribution in [3.8, 4) is 11.4 Å². The molecule has 0 aliphatic rings. The molecule has 4 heterocycles. The maximum absolute atomic E-state index is 15.0. The molecule has 4 nitrogen and oxygen atoms in total. The summed E-state index contributed by atoms with van der Waals surface area (Å²) in [5, 5.41) is 0.830. The Balaban J connectivity index is 1.57. The van der Waals surface area contributed by atoms with Crippen LogP contribution in [0.15, 0.2) is 91.3 Å². The van der Waals surface area contributed by atoms with Crippen LogP contribution in [0.3, 0.4) is 0 Å². The van der Waals surface area contributed by atoms with Gasteiger partial charge in [0.15, 0.2) is 0 Å². The number of pyridine rings is 2. The maximum Gasteiger partial charge on any atom is 0.253 e. The summed E-state index contributed by atoms with van der Waals surface area (Å²) in [6.45, 7) is 0. The van der Waals surface area contributed by atoms with Gasteiger partial charge in [0, 0.05) is 29.1 Å². The van der Waals surface area contributed by atoms with Gasteiger partial charge >= 0.3 is 0 Å². The molecule has 0 amide bonds. The number of benzene rings is 3. The molecule has 0 radical (unpaired) electrons. The molecule has 45 heavy (non-hydrogen) atoms. The van der Waals surface area contributed by atoms with Crippen molar-refractivity contribution in [3.05, 3.63) is 155 Å². The number of para-hydroxylation sites is 2. The Morgan fingerprint density at radius 3 is 1.20 bits per heavy atom. The predicted octanol–water partition coefficient (Wildman–Crippen LogP) is 8.66. The van der Waals surface area contributed by atoms with Gasteiger partial charge in [-0.1, -0.05) is 66.7 Å². The largest absolute Gasteiger partial charge is 0.311 e. The van der Waals surface area contributed by atoms with Gasteiger partial charge in [-0.3, -0.25) is 0 Å². The molecule has 0 unspecified atom stereocenters. The first kappa shape index (κ1) is 28.3. The van der Waals surface area contributed by atoms with Crippen LogP contribution in [-0.2, 0) is 0 Å². The molecule has 0 aliphatic carbocycles. The molecule has 0 saturated carbocycles. The molecule has 0 bridgehead atoms. The second kappa shape index (κ2) is 10.6. The van der Waals surface area contributed by atoms with Gasteiger partial charge in [0.2, 0.25) is 23.3 Å². The number of rotatable bonds is 5. The van der Waals surface area contributed by atoms with Gasteiger partial charge in [-0.2, -0.15) is 45.1 Å². The molecule has 7 rings (SSSR count). The van der Waals surface area contributed by atoms with Gasteiger partial charge in [0.05, 0.1) is 11.0 Å². The summed E-state index contributed by atoms with van der Waals surface area (Å²) in [7, 11) is 0. The highest BCUT2D eigenvalue weighted by Gasteiger charge is 2.30. The number of halogens is 8. The van der Waals surface area contributed by atoms with E-state index in [4.69, 9.17) is 0 Å². The predicted molar refractivity (Wildman–Crippen MR) is 149 cm³/mol. The molecular weight excluding hydrogens is 604 g/mol. The van der Waals surface area contributed by atoms with E-state index in [2.05, 4.69) is 9.97 Å². The van der Waals surface area contributed by atoms with Crippen molar-refractivity contribution in [2.75, 3.05) is 0 Å². The highest BCUT2D eigenvalue weighted by atomic mass is 19.2. The van der Waals surface area contributed by atoms with E-state index in [0.717, 1.165) is 9.13 Å². The zero-order valence-corrected chi connectivity index (χ0v) is 22.6. The summed E-state index contributed by atoms with van der Waals surface area (Å²) in [6, 6.07) is 21.3. The number of nitrogens with zero attached hydrogens (tertiary/aromatic N) is 4. The Bertz CT molecular complexity index is 2080. The summed E-state index contributed by atoms with van der Waals surface area (Å²) in [4.78, 5) is 5.30. The summed E-state index contributed by atoms with van der Waals surface area (Å²) in [5.41, 5.74) is -0.365. The van der Waals surface area contributed by atoms with Crippen molar-refractivity contribution in [1.29, 1.82) is 0 Å². The first-order valence-electron chi connectivity index (χ1n) is 13.3. The molecule has 3 aromatic carbocycles. The third-order valence-electron chi connectivity index (χ3n) is 7.67. The Hall–Kier alpha value is -5.52. The van der Waals surface area contributed by atoms with Crippen LogP contribution >= 0.6 is 0 Å². The highest BCUT2D eigenvalue weighted by molar-refractivity contribution is 5.91. The zero-order chi connectivity index (χ0) is 31.6. The van der Waals surface area contributed by atoms with Crippen LogP contribution < -0.4 is 0 Å². The van der Waals surface area contributed by atoms with E-state index in [9.17, 15) is 17.6 Å². The normalized spacial score (nSPS) is 11.8. The van der Waals surface area contributed by atoms with Gasteiger partial charge in [-0.15, -0.1) is 0 Å². The average Bonchev–Trinajstić information content (AvgIpc) is 3.60. The standard InChI is InChI=1S/C33H16F8N4/c34-24-28(25(35)31(39)42-30(24)38)44-14-19(17-10-4-6-12-21(17)44)23(16-8-2-1-3-9-16)20-15-45(22-13-7-5-11-18(20)22)29-26(36)32(40)43-33(41)27(29)37/h1-15,23H. The molecule has 0 aliphatic heterocycles. The van der Waals surface area contributed by atoms with E-state index in [1.54, 1.807) is 66.7 Å². The van der Waals surface area contributed by atoms with E-state index in [1.165, 1.54) is 24.5 Å². The van der Waals surface area contributed by atoms with Crippen LogP contribution in [-0.4, -0.2) is 19.1 Å². The lowest BCUT2D eigenvalue weighted by Crippen LogP contribution is -2.09. The topological polar surface area (TPSA) is 35.6 Å². The van der Waals surface area contributed by atoms with Gasteiger partial charge < -0.3 is 9.13 Å². The minimum atomic E-state index is -1.84. The van der Waals surface area contributed by atoms with Gasteiger partial charge in [-0.05, 0) is 28.8 Å². The fourth-order valence-corrected chi connectivity index (χ4v) is 5.79. The van der Waals surface area contributed by atoms with Crippen LogP contribution in [0.25, 0.3) is 33.2 Å². The molecule has 0 saturated heterocycles. The van der Waals surface area contributed by atoms with Crippen molar-refractivity contribution in [3.63, 3.8) is 0 Å². The van der Waals surface area contributed by atoms with E-state index in [1.807, 2.05) is 0 Å². The van der Waals surface area contributed by atoms with Crippen LogP contribution in [0.1, 0.15) is 22.6 Å². The van der Waals surface area contributed by atoms with Crippen LogP contribution in [0.4, 0.5) is 35.1 Å². The molecule has 12 heteroatoms. The number of aromatic nitrogens is 4. The van der Waals surface area contributed by atoms with E-state index in [0.29, 0.717) is 27.5 Å². The first-order chi connectivity index (χ1) is 21.7. The molecule has 0 N–H and O–H groups in total. The highest BCUT2D eigenvalue weighted by Crippen LogP contribution is 2.43. The third kappa shape index (κ3) is 4.35. The van der Waals surface area contributed by atoms with Crippen molar-refractivity contribution >= 4 is 21.8 Å². The number of fused-ring (bicyclic) bond motifs is 2. The van der Waals surface area contributed by atoms with Crippen molar-refractivity contribution in [2.45, 2.75) is 5.92 Å².